The lowest BCUT2D eigenvalue weighted by Gasteiger charge is -2.25. The predicted octanol–water partition coefficient (Wildman–Crippen LogP) is 1.68. The quantitative estimate of drug-likeness (QED) is 0.866. The normalized spacial score (nSPS) is 15.5. The highest BCUT2D eigenvalue weighted by Gasteiger charge is 2.25. The second-order valence-corrected chi connectivity index (χ2v) is 5.44. The number of benzene rings is 1. The van der Waals surface area contributed by atoms with Gasteiger partial charge in [0, 0.05) is 18.4 Å². The zero-order chi connectivity index (χ0) is 14.0. The Kier molecular flexibility index (Phi) is 3.46. The first-order valence-electron chi connectivity index (χ1n) is 6.28. The number of hydrogen-bond donors (Lipinski definition) is 2. The molecule has 2 rings (SSSR count). The van der Waals surface area contributed by atoms with Crippen molar-refractivity contribution in [2.45, 2.75) is 32.1 Å². The molecular formula is C14H18N2O3. The summed E-state index contributed by atoms with van der Waals surface area (Å²) in [7, 11) is 0. The van der Waals surface area contributed by atoms with E-state index in [0.717, 1.165) is 11.3 Å². The number of hydrazine groups is 1. The average molecular weight is 262 g/mol. The van der Waals surface area contributed by atoms with Crippen LogP contribution in [0.25, 0.3) is 0 Å². The number of aliphatic carboxylic acids is 1. The van der Waals surface area contributed by atoms with Crippen LogP contribution in [0.2, 0.25) is 0 Å². The molecule has 1 heterocycles. The smallest absolute Gasteiger partial charge is 0.304 e. The van der Waals surface area contributed by atoms with E-state index in [-0.39, 0.29) is 12.3 Å². The Labute approximate surface area is 112 Å². The number of carboxylic acid groups (broad SMARTS) is 1. The summed E-state index contributed by atoms with van der Waals surface area (Å²) in [6, 6.07) is 7.66. The summed E-state index contributed by atoms with van der Waals surface area (Å²) in [5.41, 5.74) is 4.17. The number of nitrogens with one attached hydrogen (secondary N) is 1. The van der Waals surface area contributed by atoms with Gasteiger partial charge in [0.15, 0.2) is 0 Å². The van der Waals surface area contributed by atoms with Crippen LogP contribution in [0.15, 0.2) is 24.3 Å². The van der Waals surface area contributed by atoms with Crippen molar-refractivity contribution in [3.8, 4) is 0 Å². The van der Waals surface area contributed by atoms with Gasteiger partial charge in [0.2, 0.25) is 5.91 Å². The van der Waals surface area contributed by atoms with Crippen molar-refractivity contribution in [1.82, 2.24) is 5.43 Å². The summed E-state index contributed by atoms with van der Waals surface area (Å²) in [5.74, 6) is -0.805. The lowest BCUT2D eigenvalue weighted by atomic mass is 9.81. The SMILES string of the molecule is CC(C)(CC(=O)O)c1cccc(N2CCC(=O)N2)c1. The maximum Gasteiger partial charge on any atom is 0.304 e. The molecule has 1 fully saturated rings. The van der Waals surface area contributed by atoms with Crippen LogP contribution in [0.3, 0.4) is 0 Å². The van der Waals surface area contributed by atoms with Crippen LogP contribution >= 0.6 is 0 Å². The van der Waals surface area contributed by atoms with Gasteiger partial charge in [-0.05, 0) is 17.7 Å². The molecule has 0 saturated carbocycles. The van der Waals surface area contributed by atoms with E-state index in [0.29, 0.717) is 13.0 Å². The Bertz CT molecular complexity index is 511. The van der Waals surface area contributed by atoms with E-state index in [9.17, 15) is 9.59 Å². The van der Waals surface area contributed by atoms with Gasteiger partial charge in [-0.25, -0.2) is 0 Å². The van der Waals surface area contributed by atoms with E-state index >= 15 is 0 Å². The van der Waals surface area contributed by atoms with Gasteiger partial charge >= 0.3 is 5.97 Å². The van der Waals surface area contributed by atoms with Crippen molar-refractivity contribution in [2.24, 2.45) is 0 Å². The van der Waals surface area contributed by atoms with Crippen LogP contribution in [0, 0.1) is 0 Å². The Morgan fingerprint density at radius 3 is 2.79 bits per heavy atom. The lowest BCUT2D eigenvalue weighted by molar-refractivity contribution is -0.138. The molecule has 1 amide bonds. The first-order valence-corrected chi connectivity index (χ1v) is 6.28. The maximum atomic E-state index is 11.2. The number of rotatable bonds is 4. The van der Waals surface area contributed by atoms with Crippen LogP contribution in [0.1, 0.15) is 32.3 Å². The molecule has 0 unspecified atom stereocenters. The minimum Gasteiger partial charge on any atom is -0.481 e. The monoisotopic (exact) mass is 262 g/mol. The third-order valence-corrected chi connectivity index (χ3v) is 3.35. The van der Waals surface area contributed by atoms with Crippen molar-refractivity contribution in [3.63, 3.8) is 0 Å². The fourth-order valence-electron chi connectivity index (χ4n) is 2.24. The lowest BCUT2D eigenvalue weighted by Crippen LogP contribution is -2.33. The fourth-order valence-corrected chi connectivity index (χ4v) is 2.24. The molecule has 1 aliphatic heterocycles. The average Bonchev–Trinajstić information content (AvgIpc) is 2.74. The summed E-state index contributed by atoms with van der Waals surface area (Å²) in [6.45, 7) is 4.45. The molecule has 0 atom stereocenters. The summed E-state index contributed by atoms with van der Waals surface area (Å²) < 4.78 is 0. The highest BCUT2D eigenvalue weighted by atomic mass is 16.4. The molecule has 2 N–H and O–H groups in total. The maximum absolute atomic E-state index is 11.2. The highest BCUT2D eigenvalue weighted by molar-refractivity contribution is 5.81. The molecule has 1 aliphatic rings. The van der Waals surface area contributed by atoms with E-state index in [1.54, 1.807) is 5.01 Å². The van der Waals surface area contributed by atoms with Crippen LogP contribution in [-0.4, -0.2) is 23.5 Å². The summed E-state index contributed by atoms with van der Waals surface area (Å²) in [5, 5.41) is 10.8. The Morgan fingerprint density at radius 1 is 1.47 bits per heavy atom. The Hall–Kier alpha value is -2.04. The fraction of sp³-hybridized carbons (Fsp3) is 0.429. The van der Waals surface area contributed by atoms with Gasteiger partial charge in [-0.1, -0.05) is 26.0 Å². The molecule has 102 valence electrons. The number of nitrogens with zero attached hydrogens (tertiary/aromatic N) is 1. The highest BCUT2D eigenvalue weighted by Crippen LogP contribution is 2.30. The molecule has 0 aliphatic carbocycles. The van der Waals surface area contributed by atoms with Gasteiger partial charge in [-0.15, -0.1) is 0 Å². The molecule has 5 nitrogen and oxygen atoms in total. The second-order valence-electron chi connectivity index (χ2n) is 5.44. The van der Waals surface area contributed by atoms with Gasteiger partial charge in [-0.3, -0.25) is 20.0 Å². The van der Waals surface area contributed by atoms with Crippen LogP contribution in [0.5, 0.6) is 0 Å². The molecule has 0 bridgehead atoms. The van der Waals surface area contributed by atoms with Crippen LogP contribution < -0.4 is 10.4 Å². The topological polar surface area (TPSA) is 69.6 Å². The molecular weight excluding hydrogens is 244 g/mol. The standard InChI is InChI=1S/C14H18N2O3/c1-14(2,9-13(18)19)10-4-3-5-11(8-10)16-7-6-12(17)15-16/h3-5,8H,6-7,9H2,1-2H3,(H,15,17)(H,18,19). The van der Waals surface area contributed by atoms with Crippen molar-refractivity contribution < 1.29 is 14.7 Å². The van der Waals surface area contributed by atoms with E-state index in [2.05, 4.69) is 5.43 Å². The van der Waals surface area contributed by atoms with E-state index < -0.39 is 11.4 Å². The number of carboxylic acids is 1. The Balaban J connectivity index is 2.24. The van der Waals surface area contributed by atoms with Crippen molar-refractivity contribution >= 4 is 17.6 Å². The summed E-state index contributed by atoms with van der Waals surface area (Å²) >= 11 is 0. The minimum absolute atomic E-state index is 0.00944. The number of anilines is 1. The molecule has 1 saturated heterocycles. The minimum atomic E-state index is -0.815. The molecule has 5 heteroatoms. The predicted molar refractivity (Wildman–Crippen MR) is 71.8 cm³/mol. The van der Waals surface area contributed by atoms with Crippen molar-refractivity contribution in [2.75, 3.05) is 11.6 Å². The zero-order valence-corrected chi connectivity index (χ0v) is 11.1. The van der Waals surface area contributed by atoms with E-state index in [4.69, 9.17) is 5.11 Å². The van der Waals surface area contributed by atoms with Crippen LogP contribution in [0.4, 0.5) is 5.69 Å². The molecule has 1 aromatic rings. The number of amides is 1. The first kappa shape index (κ1) is 13.4. The molecule has 0 aromatic heterocycles. The molecule has 1 aromatic carbocycles. The van der Waals surface area contributed by atoms with Crippen LogP contribution in [-0.2, 0) is 15.0 Å². The number of hydrogen-bond acceptors (Lipinski definition) is 3. The zero-order valence-electron chi connectivity index (χ0n) is 11.1. The third kappa shape index (κ3) is 3.05. The van der Waals surface area contributed by atoms with Gasteiger partial charge < -0.3 is 5.11 Å². The number of carbonyl (C=O) groups is 2. The summed E-state index contributed by atoms with van der Waals surface area (Å²) in [6.07, 6.45) is 0.561. The van der Waals surface area contributed by atoms with E-state index in [1.165, 1.54) is 0 Å². The summed E-state index contributed by atoms with van der Waals surface area (Å²) in [4.78, 5) is 22.1. The number of carbonyl (C=O) groups excluding carboxylic acids is 1. The van der Waals surface area contributed by atoms with Gasteiger partial charge in [-0.2, -0.15) is 0 Å². The molecule has 0 spiro atoms. The van der Waals surface area contributed by atoms with Crippen molar-refractivity contribution in [1.29, 1.82) is 0 Å². The largest absolute Gasteiger partial charge is 0.481 e. The second kappa shape index (κ2) is 4.91. The van der Waals surface area contributed by atoms with Crippen molar-refractivity contribution in [3.05, 3.63) is 29.8 Å². The third-order valence-electron chi connectivity index (χ3n) is 3.35. The molecule has 0 radical (unpaired) electrons. The van der Waals surface area contributed by atoms with Gasteiger partial charge in [0.25, 0.3) is 0 Å². The van der Waals surface area contributed by atoms with Gasteiger partial charge in [0.05, 0.1) is 12.1 Å². The molecule has 19 heavy (non-hydrogen) atoms. The van der Waals surface area contributed by atoms with Gasteiger partial charge in [0.1, 0.15) is 0 Å². The first-order chi connectivity index (χ1) is 8.88. The Morgan fingerprint density at radius 2 is 2.21 bits per heavy atom. The van der Waals surface area contributed by atoms with E-state index in [1.807, 2.05) is 38.1 Å².